The number of ether oxygens (including phenoxy) is 1. The lowest BCUT2D eigenvalue weighted by Crippen LogP contribution is -2.40. The van der Waals surface area contributed by atoms with Crippen molar-refractivity contribution in [1.29, 1.82) is 0 Å². The Bertz CT molecular complexity index is 203. The average molecular weight is 248 g/mol. The Morgan fingerprint density at radius 1 is 1.38 bits per heavy atom. The third-order valence-electron chi connectivity index (χ3n) is 2.97. The molecule has 1 aliphatic heterocycles. The summed E-state index contributed by atoms with van der Waals surface area (Å²) in [5.41, 5.74) is 0. The van der Waals surface area contributed by atoms with E-state index in [4.69, 9.17) is 16.3 Å². The SMILES string of the molecule is CCOC1CCN(C(=O)CCCCCl)CC1. The van der Waals surface area contributed by atoms with Crippen molar-refractivity contribution in [2.75, 3.05) is 25.6 Å². The predicted molar refractivity (Wildman–Crippen MR) is 65.8 cm³/mol. The Kier molecular flexibility index (Phi) is 6.81. The van der Waals surface area contributed by atoms with Crippen LogP contribution in [0.15, 0.2) is 0 Å². The quantitative estimate of drug-likeness (QED) is 0.533. The van der Waals surface area contributed by atoms with Crippen LogP contribution in [0.2, 0.25) is 0 Å². The van der Waals surface area contributed by atoms with Gasteiger partial charge in [0.2, 0.25) is 5.91 Å². The van der Waals surface area contributed by atoms with Crippen molar-refractivity contribution in [2.45, 2.75) is 45.1 Å². The minimum atomic E-state index is 0.278. The van der Waals surface area contributed by atoms with Crippen molar-refractivity contribution in [2.24, 2.45) is 0 Å². The lowest BCUT2D eigenvalue weighted by Gasteiger charge is -2.31. The van der Waals surface area contributed by atoms with Crippen LogP contribution < -0.4 is 0 Å². The summed E-state index contributed by atoms with van der Waals surface area (Å²) < 4.78 is 5.55. The molecule has 0 bridgehead atoms. The van der Waals surface area contributed by atoms with Crippen LogP contribution >= 0.6 is 11.6 Å². The standard InChI is InChI=1S/C12H22ClNO2/c1-2-16-11-6-9-14(10-7-11)12(15)5-3-4-8-13/h11H,2-10H2,1H3. The maximum absolute atomic E-state index is 11.8. The van der Waals surface area contributed by atoms with E-state index in [1.165, 1.54) is 0 Å². The summed E-state index contributed by atoms with van der Waals surface area (Å²) in [5, 5.41) is 0. The fourth-order valence-electron chi connectivity index (χ4n) is 2.04. The molecule has 1 fully saturated rings. The van der Waals surface area contributed by atoms with Crippen LogP contribution in [0.1, 0.15) is 39.0 Å². The second-order valence-electron chi connectivity index (χ2n) is 4.18. The second kappa shape index (κ2) is 7.91. The molecule has 1 saturated heterocycles. The number of carbonyl (C=O) groups is 1. The number of hydrogen-bond acceptors (Lipinski definition) is 2. The minimum Gasteiger partial charge on any atom is -0.378 e. The summed E-state index contributed by atoms with van der Waals surface area (Å²) in [7, 11) is 0. The van der Waals surface area contributed by atoms with Crippen LogP contribution in [-0.2, 0) is 9.53 Å². The first-order valence-electron chi connectivity index (χ1n) is 6.23. The Balaban J connectivity index is 2.17. The largest absolute Gasteiger partial charge is 0.378 e. The van der Waals surface area contributed by atoms with Gasteiger partial charge in [0, 0.05) is 32.0 Å². The molecule has 1 rings (SSSR count). The molecule has 94 valence electrons. The molecule has 0 N–H and O–H groups in total. The van der Waals surface area contributed by atoms with Crippen LogP contribution in [0.25, 0.3) is 0 Å². The molecule has 16 heavy (non-hydrogen) atoms. The highest BCUT2D eigenvalue weighted by atomic mass is 35.5. The molecule has 0 atom stereocenters. The number of amides is 1. The van der Waals surface area contributed by atoms with Crippen LogP contribution in [0, 0.1) is 0 Å². The van der Waals surface area contributed by atoms with E-state index in [1.54, 1.807) is 0 Å². The van der Waals surface area contributed by atoms with E-state index in [1.807, 2.05) is 11.8 Å². The maximum atomic E-state index is 11.8. The highest BCUT2D eigenvalue weighted by Crippen LogP contribution is 2.15. The second-order valence-corrected chi connectivity index (χ2v) is 4.56. The van der Waals surface area contributed by atoms with Gasteiger partial charge in [0.25, 0.3) is 0 Å². The van der Waals surface area contributed by atoms with E-state index in [-0.39, 0.29) is 5.91 Å². The van der Waals surface area contributed by atoms with Crippen LogP contribution in [-0.4, -0.2) is 42.5 Å². The van der Waals surface area contributed by atoms with Gasteiger partial charge in [-0.1, -0.05) is 0 Å². The molecule has 1 amide bonds. The highest BCUT2D eigenvalue weighted by molar-refractivity contribution is 6.17. The Hall–Kier alpha value is -0.280. The molecule has 0 saturated carbocycles. The van der Waals surface area contributed by atoms with Crippen molar-refractivity contribution >= 4 is 17.5 Å². The third kappa shape index (κ3) is 4.71. The first-order chi connectivity index (χ1) is 7.77. The zero-order valence-corrected chi connectivity index (χ0v) is 10.8. The van der Waals surface area contributed by atoms with Gasteiger partial charge in [-0.05, 0) is 32.6 Å². The number of alkyl halides is 1. The number of unbranched alkanes of at least 4 members (excludes halogenated alkanes) is 1. The maximum Gasteiger partial charge on any atom is 0.222 e. The van der Waals surface area contributed by atoms with Gasteiger partial charge < -0.3 is 9.64 Å². The van der Waals surface area contributed by atoms with Crippen LogP contribution in [0.4, 0.5) is 0 Å². The average Bonchev–Trinajstić information content (AvgIpc) is 2.30. The summed E-state index contributed by atoms with van der Waals surface area (Å²) in [5.74, 6) is 0.930. The number of piperidine rings is 1. The van der Waals surface area contributed by atoms with Crippen molar-refractivity contribution in [3.8, 4) is 0 Å². The normalized spacial score (nSPS) is 17.8. The number of carbonyl (C=O) groups excluding carboxylic acids is 1. The van der Waals surface area contributed by atoms with Crippen molar-refractivity contribution < 1.29 is 9.53 Å². The lowest BCUT2D eigenvalue weighted by molar-refractivity contribution is -0.133. The molecule has 0 aliphatic carbocycles. The number of likely N-dealkylation sites (tertiary alicyclic amines) is 1. The van der Waals surface area contributed by atoms with Gasteiger partial charge in [-0.25, -0.2) is 0 Å². The van der Waals surface area contributed by atoms with Gasteiger partial charge in [-0.3, -0.25) is 4.79 Å². The summed E-state index contributed by atoms with van der Waals surface area (Å²) in [4.78, 5) is 13.7. The molecular formula is C12H22ClNO2. The fourth-order valence-corrected chi connectivity index (χ4v) is 2.23. The smallest absolute Gasteiger partial charge is 0.222 e. The predicted octanol–water partition coefficient (Wildman–Crippen LogP) is 2.42. The fraction of sp³-hybridized carbons (Fsp3) is 0.917. The van der Waals surface area contributed by atoms with Crippen molar-refractivity contribution in [3.05, 3.63) is 0 Å². The van der Waals surface area contributed by atoms with E-state index >= 15 is 0 Å². The van der Waals surface area contributed by atoms with Gasteiger partial charge in [0.1, 0.15) is 0 Å². The topological polar surface area (TPSA) is 29.5 Å². The lowest BCUT2D eigenvalue weighted by atomic mass is 10.1. The van der Waals surface area contributed by atoms with Crippen molar-refractivity contribution in [3.63, 3.8) is 0 Å². The molecule has 0 unspecified atom stereocenters. The summed E-state index contributed by atoms with van der Waals surface area (Å²) in [6.45, 7) is 4.49. The minimum absolute atomic E-state index is 0.278. The van der Waals surface area contributed by atoms with Crippen molar-refractivity contribution in [1.82, 2.24) is 4.90 Å². The molecule has 4 heteroatoms. The third-order valence-corrected chi connectivity index (χ3v) is 3.24. The summed E-state index contributed by atoms with van der Waals surface area (Å²) >= 11 is 5.58. The Labute approximate surface area is 103 Å². The molecule has 0 aromatic heterocycles. The van der Waals surface area contributed by atoms with E-state index in [9.17, 15) is 4.79 Å². The molecule has 0 spiro atoms. The van der Waals surface area contributed by atoms with Gasteiger partial charge in [-0.15, -0.1) is 11.6 Å². The first-order valence-corrected chi connectivity index (χ1v) is 6.76. The summed E-state index contributed by atoms with van der Waals surface area (Å²) in [6, 6.07) is 0. The molecule has 0 radical (unpaired) electrons. The van der Waals surface area contributed by atoms with E-state index in [2.05, 4.69) is 0 Å². The van der Waals surface area contributed by atoms with Gasteiger partial charge in [-0.2, -0.15) is 0 Å². The zero-order chi connectivity index (χ0) is 11.8. The Morgan fingerprint density at radius 2 is 2.06 bits per heavy atom. The molecule has 3 nitrogen and oxygen atoms in total. The number of halogens is 1. The van der Waals surface area contributed by atoms with Crippen LogP contribution in [0.3, 0.4) is 0 Å². The van der Waals surface area contributed by atoms with E-state index in [0.29, 0.717) is 18.4 Å². The first kappa shape index (κ1) is 13.8. The molecule has 1 heterocycles. The van der Waals surface area contributed by atoms with Gasteiger partial charge in [0.15, 0.2) is 0 Å². The Morgan fingerprint density at radius 3 is 2.62 bits per heavy atom. The summed E-state index contributed by atoms with van der Waals surface area (Å²) in [6.07, 6.45) is 4.81. The molecular weight excluding hydrogens is 226 g/mol. The van der Waals surface area contributed by atoms with E-state index in [0.717, 1.165) is 45.4 Å². The monoisotopic (exact) mass is 247 g/mol. The number of hydrogen-bond donors (Lipinski definition) is 0. The molecule has 1 aliphatic rings. The van der Waals surface area contributed by atoms with Gasteiger partial charge in [0.05, 0.1) is 6.10 Å². The number of nitrogens with zero attached hydrogens (tertiary/aromatic N) is 1. The number of rotatable bonds is 6. The molecule has 0 aromatic rings. The van der Waals surface area contributed by atoms with Gasteiger partial charge >= 0.3 is 0 Å². The highest BCUT2D eigenvalue weighted by Gasteiger charge is 2.22. The molecule has 0 aromatic carbocycles. The van der Waals surface area contributed by atoms with E-state index < -0.39 is 0 Å². The van der Waals surface area contributed by atoms with Crippen LogP contribution in [0.5, 0.6) is 0 Å². The zero-order valence-electron chi connectivity index (χ0n) is 10.1.